The molecule has 3 atom stereocenters. The molecule has 0 aliphatic rings. The molecular weight excluding hydrogens is 304 g/mol. The Bertz CT molecular complexity index is 510. The van der Waals surface area contributed by atoms with Crippen LogP contribution in [0.3, 0.4) is 0 Å². The lowest BCUT2D eigenvalue weighted by molar-refractivity contribution is -0.139. The van der Waals surface area contributed by atoms with E-state index in [0.717, 1.165) is 17.6 Å². The molecule has 4 nitrogen and oxygen atoms in total. The molecular formula is C20H30O4. The van der Waals surface area contributed by atoms with Crippen LogP contribution in [0.25, 0.3) is 0 Å². The standard InChI is InChI=1S/C20H30O4/c1-5-18(11-12-19(21)23-4)16(3)20(22)15(2)13-24-14-17-9-7-6-8-10-17/h6-11,15-16,20,22H,5,12-14H2,1-4H3/b18-11+/t15-,16-,20-/m1/s1. The van der Waals surface area contributed by atoms with Crippen LogP contribution in [0.4, 0.5) is 0 Å². The van der Waals surface area contributed by atoms with Crippen molar-refractivity contribution in [1.82, 2.24) is 0 Å². The van der Waals surface area contributed by atoms with E-state index >= 15 is 0 Å². The van der Waals surface area contributed by atoms with E-state index in [1.54, 1.807) is 0 Å². The van der Waals surface area contributed by atoms with E-state index in [9.17, 15) is 9.90 Å². The van der Waals surface area contributed by atoms with E-state index in [-0.39, 0.29) is 24.2 Å². The normalized spacial score (nSPS) is 15.6. The first-order valence-corrected chi connectivity index (χ1v) is 8.55. The maximum Gasteiger partial charge on any atom is 0.309 e. The summed E-state index contributed by atoms with van der Waals surface area (Å²) in [6, 6.07) is 9.99. The minimum atomic E-state index is -0.510. The van der Waals surface area contributed by atoms with Crippen LogP contribution in [-0.4, -0.2) is 30.9 Å². The van der Waals surface area contributed by atoms with Gasteiger partial charge in [0.25, 0.3) is 0 Å². The largest absolute Gasteiger partial charge is 0.469 e. The van der Waals surface area contributed by atoms with Crippen molar-refractivity contribution < 1.29 is 19.4 Å². The summed E-state index contributed by atoms with van der Waals surface area (Å²) in [5.41, 5.74) is 2.20. The van der Waals surface area contributed by atoms with Gasteiger partial charge in [-0.1, -0.05) is 62.8 Å². The highest BCUT2D eigenvalue weighted by molar-refractivity contribution is 5.71. The number of carbonyl (C=O) groups excluding carboxylic acids is 1. The topological polar surface area (TPSA) is 55.8 Å². The monoisotopic (exact) mass is 334 g/mol. The van der Waals surface area contributed by atoms with Crippen LogP contribution in [0.2, 0.25) is 0 Å². The summed E-state index contributed by atoms with van der Waals surface area (Å²) in [5.74, 6) is -0.270. The van der Waals surface area contributed by atoms with Gasteiger partial charge in [-0.15, -0.1) is 0 Å². The van der Waals surface area contributed by atoms with Crippen LogP contribution in [0.1, 0.15) is 39.2 Å². The molecule has 0 unspecified atom stereocenters. The second-order valence-corrected chi connectivity index (χ2v) is 6.17. The van der Waals surface area contributed by atoms with Gasteiger partial charge in [-0.3, -0.25) is 4.79 Å². The number of ether oxygens (including phenoxy) is 2. The van der Waals surface area contributed by atoms with E-state index in [1.165, 1.54) is 7.11 Å². The van der Waals surface area contributed by atoms with Gasteiger partial charge in [0, 0.05) is 11.8 Å². The first-order valence-electron chi connectivity index (χ1n) is 8.55. The molecule has 0 bridgehead atoms. The number of hydrogen-bond acceptors (Lipinski definition) is 4. The van der Waals surface area contributed by atoms with Gasteiger partial charge < -0.3 is 14.6 Å². The first-order chi connectivity index (χ1) is 11.5. The van der Waals surface area contributed by atoms with Crippen LogP contribution >= 0.6 is 0 Å². The molecule has 134 valence electrons. The Balaban J connectivity index is 2.49. The smallest absolute Gasteiger partial charge is 0.309 e. The molecule has 4 heteroatoms. The SMILES string of the molecule is CC/C(=C\CC(=O)OC)[C@@H](C)[C@H](O)[C@H](C)COCc1ccccc1. The summed E-state index contributed by atoms with van der Waals surface area (Å²) in [6.07, 6.45) is 2.41. The zero-order chi connectivity index (χ0) is 17.9. The minimum Gasteiger partial charge on any atom is -0.469 e. The summed E-state index contributed by atoms with van der Waals surface area (Å²) in [7, 11) is 1.38. The summed E-state index contributed by atoms with van der Waals surface area (Å²) in [5, 5.41) is 10.6. The van der Waals surface area contributed by atoms with Crippen LogP contribution < -0.4 is 0 Å². The van der Waals surface area contributed by atoms with Gasteiger partial charge >= 0.3 is 5.97 Å². The number of rotatable bonds is 10. The Kier molecular flexibility index (Phi) is 9.35. The van der Waals surface area contributed by atoms with Gasteiger partial charge in [0.1, 0.15) is 0 Å². The third-order valence-electron chi connectivity index (χ3n) is 4.34. The fourth-order valence-electron chi connectivity index (χ4n) is 2.70. The Morgan fingerprint density at radius 2 is 1.92 bits per heavy atom. The molecule has 0 heterocycles. The molecule has 1 rings (SSSR count). The lowest BCUT2D eigenvalue weighted by Crippen LogP contribution is -2.30. The van der Waals surface area contributed by atoms with Crippen molar-refractivity contribution in [2.75, 3.05) is 13.7 Å². The Labute approximate surface area is 145 Å². The first kappa shape index (κ1) is 20.4. The van der Waals surface area contributed by atoms with Gasteiger partial charge in [-0.05, 0) is 12.0 Å². The van der Waals surface area contributed by atoms with Crippen molar-refractivity contribution in [3.05, 3.63) is 47.5 Å². The van der Waals surface area contributed by atoms with Gasteiger partial charge in [0.15, 0.2) is 0 Å². The van der Waals surface area contributed by atoms with Crippen molar-refractivity contribution >= 4 is 5.97 Å². The predicted octanol–water partition coefficient (Wildman–Crippen LogP) is 3.74. The molecule has 0 radical (unpaired) electrons. The molecule has 24 heavy (non-hydrogen) atoms. The van der Waals surface area contributed by atoms with E-state index in [1.807, 2.05) is 57.2 Å². The lowest BCUT2D eigenvalue weighted by Gasteiger charge is -2.26. The molecule has 0 aromatic heterocycles. The molecule has 0 fully saturated rings. The van der Waals surface area contributed by atoms with Crippen molar-refractivity contribution in [2.24, 2.45) is 11.8 Å². The minimum absolute atomic E-state index is 0.0109. The number of benzene rings is 1. The maximum atomic E-state index is 11.3. The molecule has 1 aromatic rings. The number of esters is 1. The van der Waals surface area contributed by atoms with Crippen molar-refractivity contribution in [3.63, 3.8) is 0 Å². The van der Waals surface area contributed by atoms with E-state index in [2.05, 4.69) is 4.74 Å². The lowest BCUT2D eigenvalue weighted by atomic mass is 9.86. The second kappa shape index (κ2) is 11.0. The zero-order valence-electron chi connectivity index (χ0n) is 15.2. The third kappa shape index (κ3) is 6.85. The summed E-state index contributed by atoms with van der Waals surface area (Å²) in [6.45, 7) is 7.05. The molecule has 0 saturated carbocycles. The zero-order valence-corrected chi connectivity index (χ0v) is 15.2. The predicted molar refractivity (Wildman–Crippen MR) is 95.4 cm³/mol. The van der Waals surface area contributed by atoms with Gasteiger partial charge in [0.2, 0.25) is 0 Å². The Hall–Kier alpha value is -1.65. The van der Waals surface area contributed by atoms with Crippen molar-refractivity contribution in [1.29, 1.82) is 0 Å². The summed E-state index contributed by atoms with van der Waals surface area (Å²) in [4.78, 5) is 11.3. The molecule has 0 spiro atoms. The van der Waals surface area contributed by atoms with Crippen LogP contribution in [0.5, 0.6) is 0 Å². The van der Waals surface area contributed by atoms with Crippen molar-refractivity contribution in [3.8, 4) is 0 Å². The molecule has 0 aliphatic heterocycles. The average molecular weight is 334 g/mol. The van der Waals surface area contributed by atoms with Gasteiger partial charge in [-0.2, -0.15) is 0 Å². The Morgan fingerprint density at radius 1 is 1.25 bits per heavy atom. The Morgan fingerprint density at radius 3 is 2.50 bits per heavy atom. The van der Waals surface area contributed by atoms with E-state index < -0.39 is 6.10 Å². The van der Waals surface area contributed by atoms with Gasteiger partial charge in [-0.25, -0.2) is 0 Å². The highest BCUT2D eigenvalue weighted by Gasteiger charge is 2.23. The average Bonchev–Trinajstić information content (AvgIpc) is 2.61. The van der Waals surface area contributed by atoms with Crippen LogP contribution in [0.15, 0.2) is 42.0 Å². The highest BCUT2D eigenvalue weighted by Crippen LogP contribution is 2.24. The number of hydrogen-bond donors (Lipinski definition) is 1. The molecule has 1 aromatic carbocycles. The second-order valence-electron chi connectivity index (χ2n) is 6.17. The molecule has 0 amide bonds. The van der Waals surface area contributed by atoms with Crippen LogP contribution in [0, 0.1) is 11.8 Å². The van der Waals surface area contributed by atoms with Crippen molar-refractivity contribution in [2.45, 2.75) is 46.3 Å². The highest BCUT2D eigenvalue weighted by atomic mass is 16.5. The number of methoxy groups -OCH3 is 1. The third-order valence-corrected chi connectivity index (χ3v) is 4.34. The summed E-state index contributed by atoms with van der Waals surface area (Å²) < 4.78 is 10.4. The number of aliphatic hydroxyl groups is 1. The number of aliphatic hydroxyl groups excluding tert-OH is 1. The fraction of sp³-hybridized carbons (Fsp3) is 0.550. The quantitative estimate of drug-likeness (QED) is 0.523. The van der Waals surface area contributed by atoms with E-state index in [0.29, 0.717) is 13.2 Å². The maximum absolute atomic E-state index is 11.3. The fourth-order valence-corrected chi connectivity index (χ4v) is 2.70. The molecule has 0 aliphatic carbocycles. The van der Waals surface area contributed by atoms with Gasteiger partial charge in [0.05, 0.1) is 32.8 Å². The summed E-state index contributed by atoms with van der Waals surface area (Å²) >= 11 is 0. The van der Waals surface area contributed by atoms with E-state index in [4.69, 9.17) is 4.74 Å². The molecule has 0 saturated heterocycles. The molecule has 1 N–H and O–H groups in total. The van der Waals surface area contributed by atoms with Crippen LogP contribution in [-0.2, 0) is 20.9 Å². The number of carbonyl (C=O) groups is 1.